The Hall–Kier alpha value is -0.680. The number of halogens is 2. The van der Waals surface area contributed by atoms with Crippen LogP contribution in [0.25, 0.3) is 0 Å². The van der Waals surface area contributed by atoms with Crippen molar-refractivity contribution in [2.24, 2.45) is 5.73 Å². The van der Waals surface area contributed by atoms with Gasteiger partial charge in [-0.15, -0.1) is 0 Å². The van der Waals surface area contributed by atoms with Crippen molar-refractivity contribution in [3.63, 3.8) is 0 Å². The van der Waals surface area contributed by atoms with Gasteiger partial charge in [-0.1, -0.05) is 0 Å². The van der Waals surface area contributed by atoms with Crippen molar-refractivity contribution < 1.29 is 9.13 Å². The van der Waals surface area contributed by atoms with Crippen molar-refractivity contribution in [1.82, 2.24) is 4.98 Å². The number of nitrogens with zero attached hydrogens (tertiary/aromatic N) is 1. The summed E-state index contributed by atoms with van der Waals surface area (Å²) in [4.78, 5) is 3.49. The highest BCUT2D eigenvalue weighted by molar-refractivity contribution is 9.10. The van der Waals surface area contributed by atoms with Crippen LogP contribution in [0.2, 0.25) is 0 Å². The normalized spacial score (nSPS) is 10.1. The minimum absolute atomic E-state index is 0.155. The van der Waals surface area contributed by atoms with Crippen LogP contribution < -0.4 is 10.5 Å². The number of hydrogen-bond acceptors (Lipinski definition) is 3. The van der Waals surface area contributed by atoms with E-state index in [9.17, 15) is 4.39 Å². The van der Waals surface area contributed by atoms with Gasteiger partial charge >= 0.3 is 0 Å². The molecule has 0 saturated carbocycles. The number of pyridine rings is 1. The fourth-order valence-corrected chi connectivity index (χ4v) is 1.08. The first-order valence-corrected chi connectivity index (χ1v) is 4.67. The topological polar surface area (TPSA) is 48.1 Å². The van der Waals surface area contributed by atoms with Crippen LogP contribution in [0.15, 0.2) is 16.7 Å². The molecule has 0 amide bonds. The van der Waals surface area contributed by atoms with Crippen LogP contribution in [0.5, 0.6) is 5.75 Å². The zero-order valence-corrected chi connectivity index (χ0v) is 8.55. The minimum atomic E-state index is -0.597. The Balaban J connectivity index is 2.59. The Bertz CT molecular complexity index is 283. The number of ether oxygens (including phenoxy) is 1. The standard InChI is InChI=1S/C8H10BrFN2O/c9-6-4-7(8(10)12-5-6)13-3-1-2-11/h4-5H,1-3,11H2. The van der Waals surface area contributed by atoms with Crippen molar-refractivity contribution in [3.05, 3.63) is 22.7 Å². The number of aromatic nitrogens is 1. The zero-order chi connectivity index (χ0) is 9.68. The lowest BCUT2D eigenvalue weighted by atomic mass is 10.4. The van der Waals surface area contributed by atoms with Gasteiger partial charge in [-0.25, -0.2) is 4.98 Å². The molecule has 0 bridgehead atoms. The maximum Gasteiger partial charge on any atom is 0.255 e. The molecular formula is C8H10BrFN2O. The Morgan fingerprint density at radius 3 is 3.08 bits per heavy atom. The molecule has 1 aromatic rings. The highest BCUT2D eigenvalue weighted by atomic mass is 79.9. The second-order valence-electron chi connectivity index (χ2n) is 2.43. The van der Waals surface area contributed by atoms with Gasteiger partial charge in [-0.05, 0) is 28.9 Å². The lowest BCUT2D eigenvalue weighted by Crippen LogP contribution is -2.07. The Labute approximate surface area is 84.2 Å². The number of rotatable bonds is 4. The van der Waals surface area contributed by atoms with E-state index in [1.807, 2.05) is 0 Å². The van der Waals surface area contributed by atoms with Crippen molar-refractivity contribution in [3.8, 4) is 5.75 Å². The summed E-state index contributed by atoms with van der Waals surface area (Å²) in [5.41, 5.74) is 5.26. The SMILES string of the molecule is NCCCOc1cc(Br)cnc1F. The molecule has 0 radical (unpaired) electrons. The van der Waals surface area contributed by atoms with Gasteiger partial charge < -0.3 is 10.5 Å². The second kappa shape index (κ2) is 5.14. The van der Waals surface area contributed by atoms with Crippen LogP contribution in [0, 0.1) is 5.95 Å². The summed E-state index contributed by atoms with van der Waals surface area (Å²) in [5, 5.41) is 0. The van der Waals surface area contributed by atoms with E-state index < -0.39 is 5.95 Å². The molecule has 72 valence electrons. The fourth-order valence-electron chi connectivity index (χ4n) is 0.771. The predicted octanol–water partition coefficient (Wildman–Crippen LogP) is 1.71. The molecule has 0 unspecified atom stereocenters. The molecule has 13 heavy (non-hydrogen) atoms. The van der Waals surface area contributed by atoms with Crippen molar-refractivity contribution >= 4 is 15.9 Å². The molecule has 1 heterocycles. The van der Waals surface area contributed by atoms with Crippen LogP contribution in [-0.2, 0) is 0 Å². The first kappa shape index (κ1) is 10.4. The lowest BCUT2D eigenvalue weighted by molar-refractivity contribution is 0.293. The highest BCUT2D eigenvalue weighted by Crippen LogP contribution is 2.19. The molecule has 0 spiro atoms. The Morgan fingerprint density at radius 2 is 2.38 bits per heavy atom. The van der Waals surface area contributed by atoms with E-state index in [1.165, 1.54) is 6.20 Å². The van der Waals surface area contributed by atoms with E-state index in [0.717, 1.165) is 0 Å². The predicted molar refractivity (Wildman–Crippen MR) is 51.1 cm³/mol. The van der Waals surface area contributed by atoms with Crippen LogP contribution in [0.4, 0.5) is 4.39 Å². The third-order valence-electron chi connectivity index (χ3n) is 1.38. The van der Waals surface area contributed by atoms with Gasteiger partial charge in [0, 0.05) is 16.7 Å². The van der Waals surface area contributed by atoms with Gasteiger partial charge in [0.15, 0.2) is 5.75 Å². The van der Waals surface area contributed by atoms with Crippen molar-refractivity contribution in [2.75, 3.05) is 13.2 Å². The van der Waals surface area contributed by atoms with E-state index in [2.05, 4.69) is 20.9 Å². The molecule has 0 aliphatic carbocycles. The first-order valence-electron chi connectivity index (χ1n) is 3.88. The zero-order valence-electron chi connectivity index (χ0n) is 6.96. The Kier molecular flexibility index (Phi) is 4.11. The quantitative estimate of drug-likeness (QED) is 0.652. The third kappa shape index (κ3) is 3.28. The number of hydrogen-bond donors (Lipinski definition) is 1. The van der Waals surface area contributed by atoms with E-state index in [-0.39, 0.29) is 5.75 Å². The molecule has 0 atom stereocenters. The van der Waals surface area contributed by atoms with Gasteiger partial charge in [0.25, 0.3) is 5.95 Å². The van der Waals surface area contributed by atoms with Gasteiger partial charge in [-0.2, -0.15) is 4.39 Å². The summed E-state index contributed by atoms with van der Waals surface area (Å²) in [7, 11) is 0. The average Bonchev–Trinajstić information content (AvgIpc) is 2.11. The monoisotopic (exact) mass is 248 g/mol. The lowest BCUT2D eigenvalue weighted by Gasteiger charge is -2.05. The minimum Gasteiger partial charge on any atom is -0.489 e. The maximum absolute atomic E-state index is 12.9. The van der Waals surface area contributed by atoms with Crippen LogP contribution in [-0.4, -0.2) is 18.1 Å². The third-order valence-corrected chi connectivity index (χ3v) is 1.81. The molecule has 0 aromatic carbocycles. The molecule has 3 nitrogen and oxygen atoms in total. The van der Waals surface area contributed by atoms with Crippen LogP contribution >= 0.6 is 15.9 Å². The van der Waals surface area contributed by atoms with Gasteiger partial charge in [0.05, 0.1) is 6.61 Å². The van der Waals surface area contributed by atoms with Gasteiger partial charge in [0.2, 0.25) is 0 Å². The van der Waals surface area contributed by atoms with Crippen LogP contribution in [0.3, 0.4) is 0 Å². The number of nitrogens with two attached hydrogens (primary N) is 1. The smallest absolute Gasteiger partial charge is 0.255 e. The van der Waals surface area contributed by atoms with Gasteiger partial charge in [0.1, 0.15) is 0 Å². The van der Waals surface area contributed by atoms with E-state index in [1.54, 1.807) is 6.07 Å². The molecule has 0 aliphatic heterocycles. The average molecular weight is 249 g/mol. The largest absolute Gasteiger partial charge is 0.489 e. The summed E-state index contributed by atoms with van der Waals surface area (Å²) in [6.07, 6.45) is 2.08. The summed E-state index contributed by atoms with van der Waals surface area (Å²) >= 11 is 3.17. The first-order chi connectivity index (χ1) is 6.24. The molecule has 5 heteroatoms. The molecular weight excluding hydrogens is 239 g/mol. The molecule has 2 N–H and O–H groups in total. The fraction of sp³-hybridized carbons (Fsp3) is 0.375. The Morgan fingerprint density at radius 1 is 1.62 bits per heavy atom. The summed E-state index contributed by atoms with van der Waals surface area (Å²) in [6, 6.07) is 1.54. The molecule has 1 rings (SSSR count). The highest BCUT2D eigenvalue weighted by Gasteiger charge is 2.04. The molecule has 1 aromatic heterocycles. The molecule has 0 fully saturated rings. The van der Waals surface area contributed by atoms with Gasteiger partial charge in [-0.3, -0.25) is 0 Å². The van der Waals surface area contributed by atoms with Crippen LogP contribution in [0.1, 0.15) is 6.42 Å². The van der Waals surface area contributed by atoms with Crippen molar-refractivity contribution in [2.45, 2.75) is 6.42 Å². The summed E-state index contributed by atoms with van der Waals surface area (Å²) < 4.78 is 18.7. The maximum atomic E-state index is 12.9. The van der Waals surface area contributed by atoms with E-state index >= 15 is 0 Å². The molecule has 0 aliphatic rings. The van der Waals surface area contributed by atoms with E-state index in [0.29, 0.717) is 24.0 Å². The van der Waals surface area contributed by atoms with Crippen molar-refractivity contribution in [1.29, 1.82) is 0 Å². The van der Waals surface area contributed by atoms with E-state index in [4.69, 9.17) is 10.5 Å². The molecule has 0 saturated heterocycles. The summed E-state index contributed by atoms with van der Waals surface area (Å²) in [6.45, 7) is 0.939. The second-order valence-corrected chi connectivity index (χ2v) is 3.35. The summed E-state index contributed by atoms with van der Waals surface area (Å²) in [5.74, 6) is -0.442.